The second-order valence-corrected chi connectivity index (χ2v) is 5.23. The van der Waals surface area contributed by atoms with E-state index in [1.165, 1.54) is 0 Å². The molecule has 1 aromatic carbocycles. The molecule has 112 valence electrons. The number of ether oxygens (including phenoxy) is 1. The predicted molar refractivity (Wildman–Crippen MR) is 83.6 cm³/mol. The van der Waals surface area contributed by atoms with Crippen molar-refractivity contribution in [3.63, 3.8) is 0 Å². The van der Waals surface area contributed by atoms with Crippen molar-refractivity contribution < 1.29 is 14.6 Å². The molecule has 0 aliphatic carbocycles. The maximum Gasteiger partial charge on any atom is 0.355 e. The minimum absolute atomic E-state index is 0.170. The summed E-state index contributed by atoms with van der Waals surface area (Å²) in [4.78, 5) is 16.2. The fourth-order valence-corrected chi connectivity index (χ4v) is 2.58. The van der Waals surface area contributed by atoms with E-state index in [-0.39, 0.29) is 5.69 Å². The highest BCUT2D eigenvalue weighted by atomic mass is 16.5. The van der Waals surface area contributed by atoms with Gasteiger partial charge in [0.15, 0.2) is 5.69 Å². The van der Waals surface area contributed by atoms with Crippen LogP contribution in [0.5, 0.6) is 5.75 Å². The van der Waals surface area contributed by atoms with Crippen molar-refractivity contribution in [1.82, 2.24) is 9.38 Å². The Balaban J connectivity index is 2.28. The van der Waals surface area contributed by atoms with Crippen molar-refractivity contribution in [2.24, 2.45) is 0 Å². The van der Waals surface area contributed by atoms with Gasteiger partial charge in [0, 0.05) is 11.8 Å². The summed E-state index contributed by atoms with van der Waals surface area (Å²) in [6.07, 6.45) is 1.78. The number of hydrogen-bond acceptors (Lipinski definition) is 3. The fraction of sp³-hybridized carbons (Fsp3) is 0.176. The summed E-state index contributed by atoms with van der Waals surface area (Å²) < 4.78 is 6.86. The van der Waals surface area contributed by atoms with Gasteiger partial charge in [-0.1, -0.05) is 6.07 Å². The van der Waals surface area contributed by atoms with E-state index in [0.29, 0.717) is 11.3 Å². The average Bonchev–Trinajstić information content (AvgIpc) is 2.85. The van der Waals surface area contributed by atoms with Gasteiger partial charge in [-0.25, -0.2) is 9.78 Å². The van der Waals surface area contributed by atoms with Crippen LogP contribution in [0.3, 0.4) is 0 Å². The van der Waals surface area contributed by atoms with Gasteiger partial charge in [-0.05, 0) is 49.2 Å². The number of aromatic nitrogens is 2. The second-order valence-electron chi connectivity index (χ2n) is 5.23. The third-order valence-corrected chi connectivity index (χ3v) is 3.64. The van der Waals surface area contributed by atoms with Gasteiger partial charge >= 0.3 is 5.97 Å². The molecule has 0 spiro atoms. The normalized spacial score (nSPS) is 10.9. The molecule has 5 heteroatoms. The topological polar surface area (TPSA) is 63.8 Å². The molecule has 0 atom stereocenters. The quantitative estimate of drug-likeness (QED) is 0.805. The Morgan fingerprint density at radius 1 is 1.23 bits per heavy atom. The molecule has 0 radical (unpaired) electrons. The first kappa shape index (κ1) is 14.1. The van der Waals surface area contributed by atoms with Crippen molar-refractivity contribution in [1.29, 1.82) is 0 Å². The molecule has 22 heavy (non-hydrogen) atoms. The standard InChI is InChI=1S/C17H16N2O3/c1-10-4-7-14-18-15(16(17(20)21)19(14)9-10)12-5-6-13(22-3)11(2)8-12/h4-9H,1-3H3,(H,20,21). The van der Waals surface area contributed by atoms with Crippen molar-refractivity contribution in [3.8, 4) is 17.0 Å². The van der Waals surface area contributed by atoms with Crippen molar-refractivity contribution in [3.05, 3.63) is 53.3 Å². The van der Waals surface area contributed by atoms with Gasteiger partial charge in [-0.3, -0.25) is 4.40 Å². The minimum Gasteiger partial charge on any atom is -0.496 e. The number of aromatic carboxylic acids is 1. The minimum atomic E-state index is -0.999. The summed E-state index contributed by atoms with van der Waals surface area (Å²) in [6.45, 7) is 3.84. The number of benzene rings is 1. The van der Waals surface area contributed by atoms with Gasteiger partial charge in [-0.2, -0.15) is 0 Å². The number of rotatable bonds is 3. The van der Waals surface area contributed by atoms with Crippen molar-refractivity contribution in [2.45, 2.75) is 13.8 Å². The molecule has 0 saturated carbocycles. The van der Waals surface area contributed by atoms with E-state index in [1.54, 1.807) is 17.7 Å². The van der Waals surface area contributed by atoms with Gasteiger partial charge in [0.05, 0.1) is 7.11 Å². The maximum atomic E-state index is 11.7. The van der Waals surface area contributed by atoms with Gasteiger partial charge in [0.25, 0.3) is 0 Å². The van der Waals surface area contributed by atoms with Gasteiger partial charge < -0.3 is 9.84 Å². The Bertz CT molecular complexity index is 881. The molecule has 2 heterocycles. The molecule has 0 amide bonds. The number of carboxylic acid groups (broad SMARTS) is 1. The van der Waals surface area contributed by atoms with E-state index in [0.717, 1.165) is 22.4 Å². The Hall–Kier alpha value is -2.82. The first-order chi connectivity index (χ1) is 10.5. The van der Waals surface area contributed by atoms with Crippen LogP contribution in [0.15, 0.2) is 36.5 Å². The van der Waals surface area contributed by atoms with Gasteiger partial charge in [0.2, 0.25) is 0 Å². The fourth-order valence-electron chi connectivity index (χ4n) is 2.58. The van der Waals surface area contributed by atoms with Crippen LogP contribution in [-0.2, 0) is 0 Å². The van der Waals surface area contributed by atoms with E-state index in [4.69, 9.17) is 4.74 Å². The van der Waals surface area contributed by atoms with Crippen LogP contribution in [0.25, 0.3) is 16.9 Å². The summed E-state index contributed by atoms with van der Waals surface area (Å²) in [6, 6.07) is 9.27. The number of fused-ring (bicyclic) bond motifs is 1. The maximum absolute atomic E-state index is 11.7. The Labute approximate surface area is 127 Å². The van der Waals surface area contributed by atoms with Crippen LogP contribution in [0.2, 0.25) is 0 Å². The number of hydrogen-bond donors (Lipinski definition) is 1. The lowest BCUT2D eigenvalue weighted by molar-refractivity contribution is 0.0690. The van der Waals surface area contributed by atoms with E-state index in [9.17, 15) is 9.90 Å². The second kappa shape index (κ2) is 5.18. The third kappa shape index (κ3) is 2.20. The average molecular weight is 296 g/mol. The van der Waals surface area contributed by atoms with Crippen LogP contribution in [0.1, 0.15) is 21.6 Å². The molecule has 1 N–H and O–H groups in total. The number of methoxy groups -OCH3 is 1. The summed E-state index contributed by atoms with van der Waals surface area (Å²) in [5.41, 5.74) is 3.92. The van der Waals surface area contributed by atoms with Crippen LogP contribution >= 0.6 is 0 Å². The number of pyridine rings is 1. The highest BCUT2D eigenvalue weighted by Gasteiger charge is 2.20. The summed E-state index contributed by atoms with van der Waals surface area (Å²) in [5, 5.41) is 9.59. The number of carboxylic acids is 1. The first-order valence-corrected chi connectivity index (χ1v) is 6.88. The van der Waals surface area contributed by atoms with E-state index >= 15 is 0 Å². The molecule has 0 saturated heterocycles. The molecule has 0 aliphatic heterocycles. The zero-order valence-corrected chi connectivity index (χ0v) is 12.6. The highest BCUT2D eigenvalue weighted by Crippen LogP contribution is 2.29. The van der Waals surface area contributed by atoms with E-state index in [1.807, 2.05) is 44.2 Å². The smallest absolute Gasteiger partial charge is 0.355 e. The highest BCUT2D eigenvalue weighted by molar-refractivity contribution is 5.94. The molecule has 0 unspecified atom stereocenters. The lowest BCUT2D eigenvalue weighted by Crippen LogP contribution is -2.04. The number of aryl methyl sites for hydroxylation is 2. The molecule has 3 rings (SSSR count). The monoisotopic (exact) mass is 296 g/mol. The van der Waals surface area contributed by atoms with Crippen LogP contribution in [0.4, 0.5) is 0 Å². The zero-order chi connectivity index (χ0) is 15.9. The van der Waals surface area contributed by atoms with E-state index < -0.39 is 5.97 Å². The summed E-state index contributed by atoms with van der Waals surface area (Å²) >= 11 is 0. The molecule has 2 aromatic heterocycles. The SMILES string of the molecule is COc1ccc(-c2nc3ccc(C)cn3c2C(=O)O)cc1C. The number of nitrogens with zero attached hydrogens (tertiary/aromatic N) is 2. The van der Waals surface area contributed by atoms with Crippen LogP contribution < -0.4 is 4.74 Å². The Morgan fingerprint density at radius 2 is 2.00 bits per heavy atom. The largest absolute Gasteiger partial charge is 0.496 e. The van der Waals surface area contributed by atoms with Crippen molar-refractivity contribution >= 4 is 11.6 Å². The number of imidazole rings is 1. The molecule has 5 nitrogen and oxygen atoms in total. The Kier molecular flexibility index (Phi) is 3.33. The van der Waals surface area contributed by atoms with E-state index in [2.05, 4.69) is 4.98 Å². The lowest BCUT2D eigenvalue weighted by atomic mass is 10.1. The molecule has 0 bridgehead atoms. The molecular formula is C17H16N2O3. The third-order valence-electron chi connectivity index (χ3n) is 3.64. The molecule has 0 fully saturated rings. The van der Waals surface area contributed by atoms with Crippen LogP contribution in [0, 0.1) is 13.8 Å². The molecule has 0 aliphatic rings. The zero-order valence-electron chi connectivity index (χ0n) is 12.6. The predicted octanol–water partition coefficient (Wildman–Crippen LogP) is 3.32. The lowest BCUT2D eigenvalue weighted by Gasteiger charge is -2.06. The molecular weight excluding hydrogens is 280 g/mol. The first-order valence-electron chi connectivity index (χ1n) is 6.88. The Morgan fingerprint density at radius 3 is 2.64 bits per heavy atom. The van der Waals surface area contributed by atoms with Crippen LogP contribution in [-0.4, -0.2) is 27.6 Å². The molecule has 3 aromatic rings. The number of carbonyl (C=O) groups is 1. The van der Waals surface area contributed by atoms with Gasteiger partial charge in [-0.15, -0.1) is 0 Å². The summed E-state index contributed by atoms with van der Waals surface area (Å²) in [5.74, 6) is -0.234. The van der Waals surface area contributed by atoms with Crippen molar-refractivity contribution in [2.75, 3.05) is 7.11 Å². The van der Waals surface area contributed by atoms with Gasteiger partial charge in [0.1, 0.15) is 17.1 Å². The summed E-state index contributed by atoms with van der Waals surface area (Å²) in [7, 11) is 1.61.